The van der Waals surface area contributed by atoms with E-state index in [1.165, 1.54) is 0 Å². The summed E-state index contributed by atoms with van der Waals surface area (Å²) in [6.07, 6.45) is 0.940. The first kappa shape index (κ1) is 13.9. The molecule has 1 saturated heterocycles. The van der Waals surface area contributed by atoms with Gasteiger partial charge < -0.3 is 14.6 Å². The lowest BCUT2D eigenvalue weighted by Gasteiger charge is -2.39. The number of hydrogen-bond acceptors (Lipinski definition) is 4. The van der Waals surface area contributed by atoms with Gasteiger partial charge >= 0.3 is 0 Å². The molecule has 3 unspecified atom stereocenters. The molecule has 0 aromatic carbocycles. The lowest BCUT2D eigenvalue weighted by molar-refractivity contribution is -0.0753. The van der Waals surface area contributed by atoms with Gasteiger partial charge in [0, 0.05) is 25.7 Å². The Labute approximate surface area is 98.5 Å². The van der Waals surface area contributed by atoms with Gasteiger partial charge in [0.25, 0.3) is 0 Å². The van der Waals surface area contributed by atoms with Crippen LogP contribution in [0.3, 0.4) is 0 Å². The van der Waals surface area contributed by atoms with Crippen molar-refractivity contribution in [2.24, 2.45) is 0 Å². The van der Waals surface area contributed by atoms with Crippen LogP contribution in [0.25, 0.3) is 0 Å². The van der Waals surface area contributed by atoms with E-state index < -0.39 is 0 Å². The summed E-state index contributed by atoms with van der Waals surface area (Å²) in [5, 5.41) is 9.82. The third-order valence-corrected chi connectivity index (χ3v) is 3.01. The molecule has 1 fully saturated rings. The van der Waals surface area contributed by atoms with E-state index in [1.807, 2.05) is 6.92 Å². The first-order valence-electron chi connectivity index (χ1n) is 6.28. The van der Waals surface area contributed by atoms with Crippen LogP contribution in [-0.2, 0) is 9.47 Å². The van der Waals surface area contributed by atoms with Gasteiger partial charge in [-0.25, -0.2) is 0 Å². The fraction of sp³-hybridized carbons (Fsp3) is 1.00. The molecular weight excluding hydrogens is 206 g/mol. The number of rotatable bonds is 6. The lowest BCUT2D eigenvalue weighted by Crippen LogP contribution is -2.51. The second kappa shape index (κ2) is 7.22. The molecule has 4 nitrogen and oxygen atoms in total. The van der Waals surface area contributed by atoms with Crippen LogP contribution in [-0.4, -0.2) is 61.2 Å². The molecule has 0 aromatic rings. The zero-order chi connectivity index (χ0) is 12.0. The summed E-state index contributed by atoms with van der Waals surface area (Å²) in [5.41, 5.74) is 0. The highest BCUT2D eigenvalue weighted by molar-refractivity contribution is 4.79. The van der Waals surface area contributed by atoms with Crippen molar-refractivity contribution in [3.8, 4) is 0 Å². The Morgan fingerprint density at radius 3 is 2.88 bits per heavy atom. The van der Waals surface area contributed by atoms with Crippen LogP contribution in [0.5, 0.6) is 0 Å². The highest BCUT2D eigenvalue weighted by atomic mass is 16.5. The van der Waals surface area contributed by atoms with E-state index in [-0.39, 0.29) is 12.2 Å². The summed E-state index contributed by atoms with van der Waals surface area (Å²) < 4.78 is 10.8. The average molecular weight is 231 g/mol. The van der Waals surface area contributed by atoms with Gasteiger partial charge in [-0.3, -0.25) is 4.90 Å². The van der Waals surface area contributed by atoms with E-state index in [0.29, 0.717) is 25.8 Å². The molecule has 0 saturated carbocycles. The molecule has 1 N–H and O–H groups in total. The molecule has 1 aliphatic rings. The fourth-order valence-corrected chi connectivity index (χ4v) is 2.09. The van der Waals surface area contributed by atoms with Crippen LogP contribution in [0.2, 0.25) is 0 Å². The Balaban J connectivity index is 2.36. The van der Waals surface area contributed by atoms with Crippen molar-refractivity contribution in [1.29, 1.82) is 0 Å². The quantitative estimate of drug-likeness (QED) is 0.737. The first-order chi connectivity index (χ1) is 7.67. The van der Waals surface area contributed by atoms with Gasteiger partial charge in [0.15, 0.2) is 0 Å². The standard InChI is InChI=1S/C12H25NO3/c1-4-11-8-16-10(3)6-13(11)7-12(14)9-15-5-2/h10-12,14H,4-9H2,1-3H3. The van der Waals surface area contributed by atoms with Crippen LogP contribution in [0.15, 0.2) is 0 Å². The molecule has 0 bridgehead atoms. The topological polar surface area (TPSA) is 41.9 Å². The molecule has 16 heavy (non-hydrogen) atoms. The number of morpholine rings is 1. The summed E-state index contributed by atoms with van der Waals surface area (Å²) in [5.74, 6) is 0. The Bertz CT molecular complexity index is 189. The van der Waals surface area contributed by atoms with Crippen LogP contribution in [0, 0.1) is 0 Å². The fourth-order valence-electron chi connectivity index (χ4n) is 2.09. The van der Waals surface area contributed by atoms with Gasteiger partial charge in [-0.05, 0) is 20.3 Å². The minimum Gasteiger partial charge on any atom is -0.389 e. The molecule has 0 spiro atoms. The maximum absolute atomic E-state index is 9.82. The third kappa shape index (κ3) is 4.37. The van der Waals surface area contributed by atoms with Crippen molar-refractivity contribution >= 4 is 0 Å². The third-order valence-electron chi connectivity index (χ3n) is 3.01. The summed E-state index contributed by atoms with van der Waals surface area (Å²) in [6.45, 7) is 9.64. The van der Waals surface area contributed by atoms with E-state index in [9.17, 15) is 5.11 Å². The highest BCUT2D eigenvalue weighted by Gasteiger charge is 2.26. The van der Waals surface area contributed by atoms with Crippen LogP contribution in [0.1, 0.15) is 27.2 Å². The van der Waals surface area contributed by atoms with Crippen LogP contribution < -0.4 is 0 Å². The summed E-state index contributed by atoms with van der Waals surface area (Å²) in [7, 11) is 0. The van der Waals surface area contributed by atoms with E-state index >= 15 is 0 Å². The summed E-state index contributed by atoms with van der Waals surface area (Å²) in [6, 6.07) is 0.437. The minimum atomic E-state index is -0.390. The SMILES string of the molecule is CCOCC(O)CN1CC(C)OCC1CC. The Morgan fingerprint density at radius 2 is 2.25 bits per heavy atom. The largest absolute Gasteiger partial charge is 0.389 e. The number of hydrogen-bond donors (Lipinski definition) is 1. The summed E-state index contributed by atoms with van der Waals surface area (Å²) in [4.78, 5) is 2.32. The zero-order valence-corrected chi connectivity index (χ0v) is 10.7. The number of aliphatic hydroxyl groups excluding tert-OH is 1. The minimum absolute atomic E-state index is 0.266. The molecule has 1 aliphatic heterocycles. The van der Waals surface area contributed by atoms with E-state index in [2.05, 4.69) is 18.7 Å². The second-order valence-corrected chi connectivity index (χ2v) is 4.47. The Hall–Kier alpha value is -0.160. The molecule has 0 radical (unpaired) electrons. The van der Waals surface area contributed by atoms with E-state index in [4.69, 9.17) is 9.47 Å². The van der Waals surface area contributed by atoms with Crippen molar-refractivity contribution < 1.29 is 14.6 Å². The van der Waals surface area contributed by atoms with E-state index in [0.717, 1.165) is 19.6 Å². The summed E-state index contributed by atoms with van der Waals surface area (Å²) >= 11 is 0. The Morgan fingerprint density at radius 1 is 1.50 bits per heavy atom. The second-order valence-electron chi connectivity index (χ2n) is 4.47. The van der Waals surface area contributed by atoms with E-state index in [1.54, 1.807) is 0 Å². The molecule has 0 aromatic heterocycles. The zero-order valence-electron chi connectivity index (χ0n) is 10.7. The van der Waals surface area contributed by atoms with Crippen LogP contribution >= 0.6 is 0 Å². The maximum Gasteiger partial charge on any atom is 0.0900 e. The molecular formula is C12H25NO3. The van der Waals surface area contributed by atoms with Gasteiger partial charge in [-0.1, -0.05) is 6.92 Å². The molecule has 0 amide bonds. The van der Waals surface area contributed by atoms with Gasteiger partial charge in [-0.15, -0.1) is 0 Å². The molecule has 96 valence electrons. The molecule has 3 atom stereocenters. The predicted molar refractivity (Wildman–Crippen MR) is 63.6 cm³/mol. The van der Waals surface area contributed by atoms with Gasteiger partial charge in [0.1, 0.15) is 0 Å². The lowest BCUT2D eigenvalue weighted by atomic mass is 10.1. The van der Waals surface area contributed by atoms with Crippen molar-refractivity contribution in [1.82, 2.24) is 4.90 Å². The monoisotopic (exact) mass is 231 g/mol. The smallest absolute Gasteiger partial charge is 0.0900 e. The van der Waals surface area contributed by atoms with Crippen molar-refractivity contribution in [3.05, 3.63) is 0 Å². The molecule has 1 heterocycles. The van der Waals surface area contributed by atoms with Crippen molar-refractivity contribution in [2.75, 3.05) is 32.9 Å². The van der Waals surface area contributed by atoms with Gasteiger partial charge in [0.2, 0.25) is 0 Å². The van der Waals surface area contributed by atoms with Crippen molar-refractivity contribution in [2.45, 2.75) is 45.4 Å². The average Bonchev–Trinajstić information content (AvgIpc) is 2.27. The number of ether oxygens (including phenoxy) is 2. The predicted octanol–water partition coefficient (Wildman–Crippen LogP) is 0.883. The van der Waals surface area contributed by atoms with Gasteiger partial charge in [-0.2, -0.15) is 0 Å². The number of nitrogens with zero attached hydrogens (tertiary/aromatic N) is 1. The highest BCUT2D eigenvalue weighted by Crippen LogP contribution is 2.14. The molecule has 4 heteroatoms. The number of β-amino-alcohol motifs (C(OH)–C–C–N with tert-alkyl or cyclic N) is 1. The molecule has 1 rings (SSSR count). The van der Waals surface area contributed by atoms with Crippen LogP contribution in [0.4, 0.5) is 0 Å². The maximum atomic E-state index is 9.82. The molecule has 0 aliphatic carbocycles. The number of aliphatic hydroxyl groups is 1. The van der Waals surface area contributed by atoms with Crippen molar-refractivity contribution in [3.63, 3.8) is 0 Å². The normalized spacial score (nSPS) is 29.2. The first-order valence-corrected chi connectivity index (χ1v) is 6.28. The van der Waals surface area contributed by atoms with Gasteiger partial charge in [0.05, 0.1) is 25.4 Å². The Kier molecular flexibility index (Phi) is 6.28.